The lowest BCUT2D eigenvalue weighted by molar-refractivity contribution is -0.121. The highest BCUT2D eigenvalue weighted by Gasteiger charge is 2.23. The van der Waals surface area contributed by atoms with Gasteiger partial charge < -0.3 is 20.3 Å². The van der Waals surface area contributed by atoms with Gasteiger partial charge in [-0.25, -0.2) is 4.98 Å². The van der Waals surface area contributed by atoms with Crippen molar-refractivity contribution in [3.05, 3.63) is 118 Å². The first-order valence-corrected chi connectivity index (χ1v) is 14.2. The number of benzene rings is 2. The van der Waals surface area contributed by atoms with Crippen molar-refractivity contribution in [2.24, 2.45) is 0 Å². The number of carbonyl (C=O) groups is 1. The molecule has 6 heteroatoms. The van der Waals surface area contributed by atoms with Gasteiger partial charge in [0.05, 0.1) is 12.5 Å². The minimum atomic E-state index is -0.663. The fraction of sp³-hybridized carbons (Fsp3) is 0.353. The lowest BCUT2D eigenvalue weighted by Crippen LogP contribution is -2.43. The van der Waals surface area contributed by atoms with Crippen LogP contribution in [0.1, 0.15) is 59.2 Å². The molecular weight excluding hydrogens is 496 g/mol. The third kappa shape index (κ3) is 6.69. The van der Waals surface area contributed by atoms with Crippen LogP contribution in [0.15, 0.2) is 79.0 Å². The lowest BCUT2D eigenvalue weighted by Gasteiger charge is -2.28. The molecule has 0 saturated heterocycles. The van der Waals surface area contributed by atoms with Crippen LogP contribution >= 0.6 is 0 Å². The Kier molecular flexibility index (Phi) is 8.19. The summed E-state index contributed by atoms with van der Waals surface area (Å²) < 4.78 is 2.10. The summed E-state index contributed by atoms with van der Waals surface area (Å²) in [6.07, 6.45) is 4.05. The number of hydrogen-bond acceptors (Lipinski definition) is 4. The van der Waals surface area contributed by atoms with Crippen molar-refractivity contribution in [3.63, 3.8) is 0 Å². The minimum absolute atomic E-state index is 0.0668. The molecule has 0 spiro atoms. The van der Waals surface area contributed by atoms with Gasteiger partial charge in [-0.2, -0.15) is 0 Å². The van der Waals surface area contributed by atoms with E-state index >= 15 is 0 Å². The van der Waals surface area contributed by atoms with E-state index < -0.39 is 6.10 Å². The molecule has 1 atom stereocenters. The topological polar surface area (TPSA) is 79.2 Å². The molecule has 1 aliphatic carbocycles. The average molecular weight is 537 g/mol. The molecule has 2 aromatic heterocycles. The van der Waals surface area contributed by atoms with Gasteiger partial charge >= 0.3 is 0 Å². The van der Waals surface area contributed by atoms with Gasteiger partial charge in [0.25, 0.3) is 0 Å². The van der Waals surface area contributed by atoms with Crippen molar-refractivity contribution in [3.8, 4) is 5.82 Å². The molecule has 0 saturated carbocycles. The standard InChI is InChI=1S/C34H40N4O2/c1-23-12-13-24(2)38(23)32-15-14-29(21-35-32)31(39)22-36-34(3,4)20-26-9-7-8-25(16-26)17-33(40)37-30-18-27-10-5-6-11-28(27)19-30/h5-16,21,30-31,36,39H,17-20,22H2,1-4H3,(H,37,40)/t31-/m0/s1. The molecule has 208 valence electrons. The van der Waals surface area contributed by atoms with Crippen molar-refractivity contribution in [2.75, 3.05) is 6.54 Å². The second-order valence-electron chi connectivity index (χ2n) is 11.8. The number of aliphatic hydroxyl groups is 1. The van der Waals surface area contributed by atoms with E-state index in [9.17, 15) is 9.90 Å². The van der Waals surface area contributed by atoms with Crippen molar-refractivity contribution in [1.29, 1.82) is 0 Å². The predicted molar refractivity (Wildman–Crippen MR) is 160 cm³/mol. The number of aryl methyl sites for hydroxylation is 2. The minimum Gasteiger partial charge on any atom is -0.387 e. The maximum atomic E-state index is 12.8. The van der Waals surface area contributed by atoms with Crippen molar-refractivity contribution >= 4 is 5.91 Å². The Bertz CT molecular complexity index is 1430. The third-order valence-corrected chi connectivity index (χ3v) is 7.85. The molecule has 3 N–H and O–H groups in total. The number of amides is 1. The summed E-state index contributed by atoms with van der Waals surface area (Å²) in [6.45, 7) is 8.81. The normalized spacial score (nSPS) is 14.2. The summed E-state index contributed by atoms with van der Waals surface area (Å²) in [7, 11) is 0. The highest BCUT2D eigenvalue weighted by atomic mass is 16.3. The van der Waals surface area contributed by atoms with Crippen LogP contribution < -0.4 is 10.6 Å². The van der Waals surface area contributed by atoms with E-state index in [0.717, 1.165) is 53.2 Å². The molecule has 0 radical (unpaired) electrons. The molecule has 4 aromatic rings. The van der Waals surface area contributed by atoms with Gasteiger partial charge in [-0.05, 0) is 87.4 Å². The van der Waals surface area contributed by atoms with Crippen LogP contribution in [0.25, 0.3) is 5.82 Å². The van der Waals surface area contributed by atoms with Crippen LogP contribution in [0.2, 0.25) is 0 Å². The predicted octanol–water partition coefficient (Wildman–Crippen LogP) is 4.96. The quantitative estimate of drug-likeness (QED) is 0.268. The Labute approximate surface area is 237 Å². The zero-order chi connectivity index (χ0) is 28.3. The van der Waals surface area contributed by atoms with Crippen LogP contribution in [0.5, 0.6) is 0 Å². The average Bonchev–Trinajstić information content (AvgIpc) is 3.48. The van der Waals surface area contributed by atoms with Crippen molar-refractivity contribution in [1.82, 2.24) is 20.2 Å². The summed E-state index contributed by atoms with van der Waals surface area (Å²) >= 11 is 0. The number of fused-ring (bicyclic) bond motifs is 1. The van der Waals surface area contributed by atoms with Crippen LogP contribution in [0.3, 0.4) is 0 Å². The van der Waals surface area contributed by atoms with Crippen molar-refractivity contribution in [2.45, 2.75) is 71.1 Å². The van der Waals surface area contributed by atoms with Gasteiger partial charge in [0, 0.05) is 41.3 Å². The Hall–Kier alpha value is -3.74. The summed E-state index contributed by atoms with van der Waals surface area (Å²) in [5, 5.41) is 17.6. The molecule has 0 fully saturated rings. The second-order valence-corrected chi connectivity index (χ2v) is 11.8. The first-order valence-electron chi connectivity index (χ1n) is 14.2. The largest absolute Gasteiger partial charge is 0.387 e. The first-order chi connectivity index (χ1) is 19.2. The highest BCUT2D eigenvalue weighted by Crippen LogP contribution is 2.22. The Morgan fingerprint density at radius 3 is 2.30 bits per heavy atom. The number of nitrogens with one attached hydrogen (secondary N) is 2. The van der Waals surface area contributed by atoms with E-state index in [0.29, 0.717) is 13.0 Å². The number of carbonyl (C=O) groups excluding carboxylic acids is 1. The first kappa shape index (κ1) is 27.8. The molecule has 1 amide bonds. The van der Waals surface area contributed by atoms with Crippen LogP contribution in [0.4, 0.5) is 0 Å². The van der Waals surface area contributed by atoms with E-state index in [2.05, 4.69) is 96.4 Å². The smallest absolute Gasteiger partial charge is 0.224 e. The van der Waals surface area contributed by atoms with E-state index in [1.165, 1.54) is 11.1 Å². The fourth-order valence-electron chi connectivity index (χ4n) is 5.79. The molecule has 40 heavy (non-hydrogen) atoms. The number of aliphatic hydroxyl groups excluding tert-OH is 1. The fourth-order valence-corrected chi connectivity index (χ4v) is 5.79. The Balaban J connectivity index is 1.12. The molecular formula is C34H40N4O2. The van der Waals surface area contributed by atoms with E-state index in [1.807, 2.05) is 24.3 Å². The molecule has 2 aromatic carbocycles. The van der Waals surface area contributed by atoms with E-state index in [-0.39, 0.29) is 17.5 Å². The maximum absolute atomic E-state index is 12.8. The summed E-state index contributed by atoms with van der Waals surface area (Å²) in [4.78, 5) is 17.4. The van der Waals surface area contributed by atoms with Crippen LogP contribution in [0, 0.1) is 13.8 Å². The van der Waals surface area contributed by atoms with Gasteiger partial charge in [-0.15, -0.1) is 0 Å². The summed E-state index contributed by atoms with van der Waals surface area (Å²) in [6, 6.07) is 24.9. The second kappa shape index (κ2) is 11.8. The van der Waals surface area contributed by atoms with E-state index in [4.69, 9.17) is 0 Å². The van der Waals surface area contributed by atoms with Gasteiger partial charge in [-0.1, -0.05) is 54.6 Å². The molecule has 2 heterocycles. The monoisotopic (exact) mass is 536 g/mol. The van der Waals surface area contributed by atoms with Crippen molar-refractivity contribution < 1.29 is 9.90 Å². The summed E-state index contributed by atoms with van der Waals surface area (Å²) in [5.74, 6) is 0.920. The third-order valence-electron chi connectivity index (χ3n) is 7.85. The highest BCUT2D eigenvalue weighted by molar-refractivity contribution is 5.79. The molecule has 0 unspecified atom stereocenters. The van der Waals surface area contributed by atoms with Gasteiger partial charge in [0.15, 0.2) is 0 Å². The number of nitrogens with zero attached hydrogens (tertiary/aromatic N) is 2. The number of β-amino-alcohol motifs (C(OH)–C–C–N with tert-alkyl or cyclic N) is 1. The summed E-state index contributed by atoms with van der Waals surface area (Å²) in [5.41, 5.74) is 7.65. The maximum Gasteiger partial charge on any atom is 0.224 e. The Morgan fingerprint density at radius 1 is 0.975 bits per heavy atom. The van der Waals surface area contributed by atoms with E-state index in [1.54, 1.807) is 6.20 Å². The zero-order valence-corrected chi connectivity index (χ0v) is 23.9. The number of hydrogen-bond donors (Lipinski definition) is 3. The Morgan fingerprint density at radius 2 is 1.65 bits per heavy atom. The van der Waals surface area contributed by atoms with Crippen LogP contribution in [-0.4, -0.2) is 38.7 Å². The van der Waals surface area contributed by atoms with Gasteiger partial charge in [0.1, 0.15) is 5.82 Å². The molecule has 5 rings (SSSR count). The molecule has 0 aliphatic heterocycles. The van der Waals surface area contributed by atoms with Gasteiger partial charge in [-0.3, -0.25) is 4.79 Å². The molecule has 0 bridgehead atoms. The number of pyridine rings is 1. The molecule has 1 aliphatic rings. The SMILES string of the molecule is Cc1ccc(C)n1-c1ccc([C@@H](O)CNC(C)(C)Cc2cccc(CC(=O)NC3Cc4ccccc4C3)c2)cn1. The zero-order valence-electron chi connectivity index (χ0n) is 23.9. The molecule has 6 nitrogen and oxygen atoms in total. The number of rotatable bonds is 10. The number of aromatic nitrogens is 2. The lowest BCUT2D eigenvalue weighted by atomic mass is 9.93. The van der Waals surface area contributed by atoms with Gasteiger partial charge in [0.2, 0.25) is 5.91 Å². The van der Waals surface area contributed by atoms with Crippen LogP contribution in [-0.2, 0) is 30.5 Å².